The van der Waals surface area contributed by atoms with Gasteiger partial charge in [0.15, 0.2) is 0 Å². The van der Waals surface area contributed by atoms with Crippen LogP contribution in [0.3, 0.4) is 0 Å². The van der Waals surface area contributed by atoms with Crippen molar-refractivity contribution in [2.75, 3.05) is 6.54 Å². The lowest BCUT2D eigenvalue weighted by molar-refractivity contribution is -0.135. The minimum atomic E-state index is -1.06. The maximum Gasteiger partial charge on any atom is 0.322 e. The Hall–Kier alpha value is -2.15. The molecule has 0 aliphatic rings. The van der Waals surface area contributed by atoms with E-state index in [4.69, 9.17) is 5.11 Å². The smallest absolute Gasteiger partial charge is 0.322 e. The first kappa shape index (κ1) is 14.8. The Balaban J connectivity index is 2.12. The molecule has 0 spiro atoms. The highest BCUT2D eigenvalue weighted by Gasteiger charge is 2.10. The van der Waals surface area contributed by atoms with E-state index >= 15 is 0 Å². The van der Waals surface area contributed by atoms with Gasteiger partial charge in [0, 0.05) is 9.13 Å². The molecule has 3 aromatic rings. The summed E-state index contributed by atoms with van der Waals surface area (Å²) in [5, 5.41) is 15.3. The molecular formula is C17H12INO3. The number of benzene rings is 3. The Morgan fingerprint density at radius 3 is 2.45 bits per heavy atom. The third kappa shape index (κ3) is 2.76. The molecular weight excluding hydrogens is 393 g/mol. The standard InChI is InChI=1S/C17H12INO3/c18-15-8-10-5-6-11(17(22)19-9-16(20)21)7-14(10)12-3-1-2-4-13(12)15/h1-8H,9H2,(H,19,22)(H,20,21). The second-order valence-electron chi connectivity index (χ2n) is 4.92. The highest BCUT2D eigenvalue weighted by atomic mass is 127. The minimum absolute atomic E-state index is 0.382. The second-order valence-corrected chi connectivity index (χ2v) is 6.08. The van der Waals surface area contributed by atoms with Gasteiger partial charge in [-0.2, -0.15) is 0 Å². The monoisotopic (exact) mass is 405 g/mol. The number of halogens is 1. The summed E-state index contributed by atoms with van der Waals surface area (Å²) in [4.78, 5) is 22.6. The fraction of sp³-hybridized carbons (Fsp3) is 0.0588. The highest BCUT2D eigenvalue weighted by Crippen LogP contribution is 2.30. The van der Waals surface area contributed by atoms with Gasteiger partial charge in [-0.05, 0) is 62.3 Å². The van der Waals surface area contributed by atoms with E-state index in [0.29, 0.717) is 5.56 Å². The number of carbonyl (C=O) groups is 2. The molecule has 22 heavy (non-hydrogen) atoms. The minimum Gasteiger partial charge on any atom is -0.480 e. The van der Waals surface area contributed by atoms with Crippen LogP contribution in [0.2, 0.25) is 0 Å². The van der Waals surface area contributed by atoms with E-state index in [1.165, 1.54) is 0 Å². The van der Waals surface area contributed by atoms with Crippen LogP contribution in [0.4, 0.5) is 0 Å². The van der Waals surface area contributed by atoms with Gasteiger partial charge in [-0.15, -0.1) is 0 Å². The van der Waals surface area contributed by atoms with Crippen molar-refractivity contribution in [2.24, 2.45) is 0 Å². The van der Waals surface area contributed by atoms with E-state index in [9.17, 15) is 9.59 Å². The Morgan fingerprint density at radius 1 is 1.00 bits per heavy atom. The topological polar surface area (TPSA) is 66.4 Å². The van der Waals surface area contributed by atoms with Gasteiger partial charge in [-0.25, -0.2) is 0 Å². The molecule has 110 valence electrons. The van der Waals surface area contributed by atoms with Crippen LogP contribution < -0.4 is 5.32 Å². The number of rotatable bonds is 3. The van der Waals surface area contributed by atoms with Crippen molar-refractivity contribution in [1.82, 2.24) is 5.32 Å². The summed E-state index contributed by atoms with van der Waals surface area (Å²) in [6, 6.07) is 15.5. The summed E-state index contributed by atoms with van der Waals surface area (Å²) >= 11 is 2.30. The Morgan fingerprint density at radius 2 is 1.73 bits per heavy atom. The molecule has 0 aliphatic carbocycles. The summed E-state index contributed by atoms with van der Waals surface area (Å²) in [6.45, 7) is -0.385. The van der Waals surface area contributed by atoms with Crippen LogP contribution in [-0.4, -0.2) is 23.5 Å². The van der Waals surface area contributed by atoms with E-state index in [0.717, 1.165) is 25.1 Å². The molecule has 3 rings (SSSR count). The molecule has 1 amide bonds. The van der Waals surface area contributed by atoms with Crippen LogP contribution in [0.15, 0.2) is 48.5 Å². The predicted octanol–water partition coefficient (Wildman–Crippen LogP) is 3.41. The average Bonchev–Trinajstić information content (AvgIpc) is 2.52. The molecule has 2 N–H and O–H groups in total. The van der Waals surface area contributed by atoms with Gasteiger partial charge < -0.3 is 10.4 Å². The third-order valence-corrected chi connectivity index (χ3v) is 4.36. The SMILES string of the molecule is O=C(O)CNC(=O)c1ccc2cc(I)c3ccccc3c2c1. The van der Waals surface area contributed by atoms with Crippen molar-refractivity contribution in [3.63, 3.8) is 0 Å². The lowest BCUT2D eigenvalue weighted by atomic mass is 10.00. The number of carbonyl (C=O) groups excluding carboxylic acids is 1. The second kappa shape index (κ2) is 5.92. The fourth-order valence-electron chi connectivity index (χ4n) is 2.46. The van der Waals surface area contributed by atoms with Gasteiger partial charge in [-0.3, -0.25) is 9.59 Å². The quantitative estimate of drug-likeness (QED) is 0.519. The average molecular weight is 405 g/mol. The van der Waals surface area contributed by atoms with Crippen molar-refractivity contribution >= 4 is 56.0 Å². The zero-order valence-electron chi connectivity index (χ0n) is 11.5. The Labute approximate surface area is 140 Å². The van der Waals surface area contributed by atoms with E-state index in [2.05, 4.69) is 34.0 Å². The third-order valence-electron chi connectivity index (χ3n) is 3.47. The van der Waals surface area contributed by atoms with E-state index < -0.39 is 5.97 Å². The molecule has 3 aromatic carbocycles. The molecule has 0 radical (unpaired) electrons. The number of carboxylic acid groups (broad SMARTS) is 1. The van der Waals surface area contributed by atoms with Gasteiger partial charge in [0.25, 0.3) is 5.91 Å². The van der Waals surface area contributed by atoms with Crippen LogP contribution in [0, 0.1) is 3.57 Å². The number of amides is 1. The number of fused-ring (bicyclic) bond motifs is 3. The van der Waals surface area contributed by atoms with Gasteiger partial charge in [-0.1, -0.05) is 30.3 Å². The number of aliphatic carboxylic acids is 1. The normalized spacial score (nSPS) is 10.8. The molecule has 0 saturated heterocycles. The summed E-state index contributed by atoms with van der Waals surface area (Å²) in [7, 11) is 0. The van der Waals surface area contributed by atoms with E-state index in [-0.39, 0.29) is 12.5 Å². The summed E-state index contributed by atoms with van der Waals surface area (Å²) in [5.41, 5.74) is 0.458. The maximum absolute atomic E-state index is 12.0. The van der Waals surface area contributed by atoms with Crippen LogP contribution in [-0.2, 0) is 4.79 Å². The summed E-state index contributed by atoms with van der Waals surface area (Å²) < 4.78 is 1.16. The van der Waals surface area contributed by atoms with Crippen molar-refractivity contribution in [3.8, 4) is 0 Å². The molecule has 0 aliphatic heterocycles. The van der Waals surface area contributed by atoms with Crippen molar-refractivity contribution in [2.45, 2.75) is 0 Å². The van der Waals surface area contributed by atoms with E-state index in [1.807, 2.05) is 36.4 Å². The number of hydrogen-bond acceptors (Lipinski definition) is 2. The van der Waals surface area contributed by atoms with Gasteiger partial charge in [0.05, 0.1) is 0 Å². The summed E-state index contributed by atoms with van der Waals surface area (Å²) in [6.07, 6.45) is 0. The lowest BCUT2D eigenvalue weighted by Crippen LogP contribution is -2.29. The Bertz CT molecular complexity index is 905. The molecule has 0 atom stereocenters. The molecule has 4 nitrogen and oxygen atoms in total. The lowest BCUT2D eigenvalue weighted by Gasteiger charge is -2.09. The van der Waals surface area contributed by atoms with Crippen LogP contribution in [0.5, 0.6) is 0 Å². The first-order chi connectivity index (χ1) is 10.6. The molecule has 0 heterocycles. The van der Waals surface area contributed by atoms with Crippen LogP contribution >= 0.6 is 22.6 Å². The van der Waals surface area contributed by atoms with Crippen LogP contribution in [0.25, 0.3) is 21.5 Å². The van der Waals surface area contributed by atoms with Gasteiger partial charge >= 0.3 is 5.97 Å². The van der Waals surface area contributed by atoms with Gasteiger partial charge in [0.2, 0.25) is 0 Å². The largest absolute Gasteiger partial charge is 0.480 e. The molecule has 0 saturated carbocycles. The zero-order valence-corrected chi connectivity index (χ0v) is 13.6. The van der Waals surface area contributed by atoms with E-state index in [1.54, 1.807) is 6.07 Å². The first-order valence-corrected chi connectivity index (χ1v) is 7.75. The molecule has 5 heteroatoms. The van der Waals surface area contributed by atoms with Crippen LogP contribution in [0.1, 0.15) is 10.4 Å². The van der Waals surface area contributed by atoms with Gasteiger partial charge in [0.1, 0.15) is 6.54 Å². The number of carboxylic acids is 1. The summed E-state index contributed by atoms with van der Waals surface area (Å²) in [5.74, 6) is -1.44. The molecule has 0 aromatic heterocycles. The molecule has 0 bridgehead atoms. The predicted molar refractivity (Wildman–Crippen MR) is 94.1 cm³/mol. The highest BCUT2D eigenvalue weighted by molar-refractivity contribution is 14.1. The maximum atomic E-state index is 12.0. The fourth-order valence-corrected chi connectivity index (χ4v) is 3.26. The number of nitrogens with one attached hydrogen (secondary N) is 1. The van der Waals surface area contributed by atoms with Crippen molar-refractivity contribution < 1.29 is 14.7 Å². The van der Waals surface area contributed by atoms with Crippen molar-refractivity contribution in [1.29, 1.82) is 0 Å². The number of hydrogen-bond donors (Lipinski definition) is 2. The van der Waals surface area contributed by atoms with Crippen molar-refractivity contribution in [3.05, 3.63) is 57.7 Å². The molecule has 0 unspecified atom stereocenters. The molecule has 0 fully saturated rings. The first-order valence-electron chi connectivity index (χ1n) is 6.67. The zero-order chi connectivity index (χ0) is 15.7. The Kier molecular flexibility index (Phi) is 3.98.